The number of benzene rings is 1. The van der Waals surface area contributed by atoms with E-state index in [1.165, 1.54) is 11.1 Å². The standard InChI is InChI=1S/C6H3Cl.C2H2O2/c7-6-2-1-4-3-5(4)6;3-1-2-4/h1-3H;1-2H. The minimum absolute atomic E-state index is 0.194. The number of aldehydes is 2. The molecule has 0 spiro atoms. The number of hydrogen-bond donors (Lipinski definition) is 0. The molecule has 2 nitrogen and oxygen atoms in total. The van der Waals surface area contributed by atoms with Gasteiger partial charge in [-0.1, -0.05) is 17.7 Å². The number of carbonyl (C=O) groups excluding carboxylic acids is 2. The molecule has 0 radical (unpaired) electrons. The Bertz CT molecular complexity index is 288. The average molecular weight is 169 g/mol. The van der Waals surface area contributed by atoms with Crippen LogP contribution in [0.15, 0.2) is 18.2 Å². The third kappa shape index (κ3) is 1.88. The Kier molecular flexibility index (Phi) is 2.39. The summed E-state index contributed by atoms with van der Waals surface area (Å²) in [7, 11) is 0. The van der Waals surface area contributed by atoms with Gasteiger partial charge in [-0.15, -0.1) is 0 Å². The Hall–Kier alpha value is -1.15. The molecule has 0 fully saturated rings. The minimum atomic E-state index is 0.194. The van der Waals surface area contributed by atoms with Gasteiger partial charge < -0.3 is 0 Å². The van der Waals surface area contributed by atoms with E-state index in [1.54, 1.807) is 0 Å². The lowest BCUT2D eigenvalue weighted by molar-refractivity contribution is -0.122. The molecule has 0 saturated carbocycles. The van der Waals surface area contributed by atoms with E-state index in [2.05, 4.69) is 6.07 Å². The Balaban J connectivity index is 0.000000134. The Morgan fingerprint density at radius 1 is 1.18 bits per heavy atom. The number of halogens is 1. The lowest BCUT2D eigenvalue weighted by atomic mass is 10.5. The zero-order chi connectivity index (χ0) is 8.27. The Morgan fingerprint density at radius 3 is 1.91 bits per heavy atom. The zero-order valence-corrected chi connectivity index (χ0v) is 6.34. The van der Waals surface area contributed by atoms with E-state index >= 15 is 0 Å². The minimum Gasteiger partial charge on any atom is -0.295 e. The van der Waals surface area contributed by atoms with Crippen molar-refractivity contribution in [1.29, 1.82) is 0 Å². The van der Waals surface area contributed by atoms with Crippen LogP contribution in [0, 0.1) is 0 Å². The predicted octanol–water partition coefficient (Wildman–Crippen LogP) is 1.70. The van der Waals surface area contributed by atoms with Crippen LogP contribution in [0.4, 0.5) is 0 Å². The van der Waals surface area contributed by atoms with Gasteiger partial charge in [-0.25, -0.2) is 0 Å². The van der Waals surface area contributed by atoms with E-state index in [1.807, 2.05) is 12.1 Å². The monoisotopic (exact) mass is 168 g/mol. The second-order valence-electron chi connectivity index (χ2n) is 1.97. The summed E-state index contributed by atoms with van der Waals surface area (Å²) < 4.78 is 0. The molecule has 56 valence electrons. The third-order valence-electron chi connectivity index (χ3n) is 1.25. The summed E-state index contributed by atoms with van der Waals surface area (Å²) in [5.74, 6) is 0. The predicted molar refractivity (Wildman–Crippen MR) is 42.6 cm³/mol. The first-order chi connectivity index (χ1) is 5.29. The van der Waals surface area contributed by atoms with Gasteiger partial charge in [-0.2, -0.15) is 0 Å². The van der Waals surface area contributed by atoms with Gasteiger partial charge in [-0.05, 0) is 17.7 Å². The Morgan fingerprint density at radius 2 is 1.82 bits per heavy atom. The molecule has 0 N–H and O–H groups in total. The van der Waals surface area contributed by atoms with Crippen LogP contribution in [0.3, 0.4) is 0 Å². The van der Waals surface area contributed by atoms with Crippen molar-refractivity contribution < 1.29 is 9.59 Å². The van der Waals surface area contributed by atoms with Crippen molar-refractivity contribution in [2.75, 3.05) is 0 Å². The molecule has 0 unspecified atom stereocenters. The van der Waals surface area contributed by atoms with E-state index < -0.39 is 0 Å². The van der Waals surface area contributed by atoms with E-state index in [9.17, 15) is 0 Å². The zero-order valence-electron chi connectivity index (χ0n) is 5.58. The van der Waals surface area contributed by atoms with Crippen molar-refractivity contribution in [3.63, 3.8) is 0 Å². The summed E-state index contributed by atoms with van der Waals surface area (Å²) in [6.07, 6.45) is 0.389. The topological polar surface area (TPSA) is 34.1 Å². The highest BCUT2D eigenvalue weighted by Crippen LogP contribution is 2.40. The Labute approximate surface area is 68.8 Å². The number of fused-ring (bicyclic) bond motifs is 1. The molecule has 0 aromatic heterocycles. The number of rotatable bonds is 1. The van der Waals surface area contributed by atoms with Crippen molar-refractivity contribution in [1.82, 2.24) is 0 Å². The normalized spacial score (nSPS) is 9.18. The molecule has 0 saturated heterocycles. The summed E-state index contributed by atoms with van der Waals surface area (Å²) in [6.45, 7) is 0. The summed E-state index contributed by atoms with van der Waals surface area (Å²) in [6, 6.07) is 6.02. The van der Waals surface area contributed by atoms with Crippen LogP contribution in [0.1, 0.15) is 0 Å². The smallest absolute Gasteiger partial charge is 0.182 e. The lowest BCUT2D eigenvalue weighted by Crippen LogP contribution is -1.62. The molecular formula is C8H5ClO2. The first-order valence-electron chi connectivity index (χ1n) is 2.98. The fourth-order valence-corrected chi connectivity index (χ4v) is 0.944. The van der Waals surface area contributed by atoms with Crippen LogP contribution in [-0.4, -0.2) is 12.6 Å². The van der Waals surface area contributed by atoms with Crippen LogP contribution >= 0.6 is 11.6 Å². The molecule has 0 aromatic carbocycles. The average Bonchev–Trinajstić information content (AvgIpc) is 2.74. The van der Waals surface area contributed by atoms with Gasteiger partial charge in [0.15, 0.2) is 12.6 Å². The molecule has 2 aliphatic rings. The van der Waals surface area contributed by atoms with Gasteiger partial charge >= 0.3 is 0 Å². The van der Waals surface area contributed by atoms with E-state index in [4.69, 9.17) is 21.2 Å². The van der Waals surface area contributed by atoms with Crippen molar-refractivity contribution in [3.05, 3.63) is 23.2 Å². The molecule has 2 rings (SSSR count). The molecule has 0 amide bonds. The quantitative estimate of drug-likeness (QED) is 0.480. The summed E-state index contributed by atoms with van der Waals surface area (Å²) >= 11 is 5.65. The molecule has 2 aliphatic carbocycles. The van der Waals surface area contributed by atoms with E-state index in [0.717, 1.165) is 5.02 Å². The fourth-order valence-electron chi connectivity index (χ4n) is 0.717. The van der Waals surface area contributed by atoms with Crippen molar-refractivity contribution in [2.45, 2.75) is 0 Å². The molecule has 0 atom stereocenters. The van der Waals surface area contributed by atoms with Gasteiger partial charge in [0.2, 0.25) is 0 Å². The maximum Gasteiger partial charge on any atom is 0.182 e. The van der Waals surface area contributed by atoms with Gasteiger partial charge in [0.05, 0.1) is 0 Å². The lowest BCUT2D eigenvalue weighted by Gasteiger charge is -1.68. The highest BCUT2D eigenvalue weighted by Gasteiger charge is 2.14. The van der Waals surface area contributed by atoms with Gasteiger partial charge in [0.25, 0.3) is 0 Å². The largest absolute Gasteiger partial charge is 0.295 e. The first-order valence-corrected chi connectivity index (χ1v) is 3.36. The second-order valence-corrected chi connectivity index (χ2v) is 2.37. The van der Waals surface area contributed by atoms with E-state index in [0.29, 0.717) is 0 Å². The van der Waals surface area contributed by atoms with Crippen LogP contribution in [0.2, 0.25) is 5.02 Å². The first kappa shape index (κ1) is 7.95. The maximum absolute atomic E-state index is 8.81. The van der Waals surface area contributed by atoms with Crippen molar-refractivity contribution in [2.24, 2.45) is 0 Å². The van der Waals surface area contributed by atoms with Gasteiger partial charge in [-0.3, -0.25) is 9.59 Å². The maximum atomic E-state index is 8.81. The summed E-state index contributed by atoms with van der Waals surface area (Å²) in [5.41, 5.74) is 2.55. The molecule has 0 heterocycles. The number of carbonyl (C=O) groups is 2. The molecule has 0 aliphatic heterocycles. The third-order valence-corrected chi connectivity index (χ3v) is 1.58. The van der Waals surface area contributed by atoms with Crippen LogP contribution < -0.4 is 0 Å². The molecule has 3 heteroatoms. The molecular weight excluding hydrogens is 164 g/mol. The van der Waals surface area contributed by atoms with Crippen molar-refractivity contribution in [3.8, 4) is 11.1 Å². The molecule has 11 heavy (non-hydrogen) atoms. The molecule has 0 bridgehead atoms. The highest BCUT2D eigenvalue weighted by atomic mass is 35.5. The summed E-state index contributed by atoms with van der Waals surface area (Å²) in [4.78, 5) is 17.6. The van der Waals surface area contributed by atoms with Crippen molar-refractivity contribution >= 4 is 24.2 Å². The van der Waals surface area contributed by atoms with Crippen LogP contribution in [0.25, 0.3) is 11.1 Å². The van der Waals surface area contributed by atoms with Gasteiger partial charge in [0, 0.05) is 10.6 Å². The second kappa shape index (κ2) is 3.30. The number of hydrogen-bond acceptors (Lipinski definition) is 2. The van der Waals surface area contributed by atoms with Crippen LogP contribution in [0.5, 0.6) is 0 Å². The van der Waals surface area contributed by atoms with Crippen LogP contribution in [-0.2, 0) is 9.59 Å². The summed E-state index contributed by atoms with van der Waals surface area (Å²) in [5, 5.41) is 0.898. The fraction of sp³-hybridized carbons (Fsp3) is 0. The molecule has 0 aromatic rings. The van der Waals surface area contributed by atoms with E-state index in [-0.39, 0.29) is 12.6 Å². The SMILES string of the molecule is Clc1ccc2cc1-2.O=CC=O. The highest BCUT2D eigenvalue weighted by molar-refractivity contribution is 6.35. The van der Waals surface area contributed by atoms with Gasteiger partial charge in [0.1, 0.15) is 0 Å².